The van der Waals surface area contributed by atoms with E-state index in [4.69, 9.17) is 4.52 Å². The van der Waals surface area contributed by atoms with Gasteiger partial charge < -0.3 is 14.7 Å². The molecule has 2 heterocycles. The van der Waals surface area contributed by atoms with Crippen LogP contribution in [0.25, 0.3) is 0 Å². The Morgan fingerprint density at radius 3 is 2.70 bits per heavy atom. The van der Waals surface area contributed by atoms with E-state index in [1.807, 2.05) is 24.3 Å². The quantitative estimate of drug-likeness (QED) is 0.847. The minimum absolute atomic E-state index is 0.0266. The predicted molar refractivity (Wildman–Crippen MR) is 99.1 cm³/mol. The van der Waals surface area contributed by atoms with E-state index >= 15 is 0 Å². The Morgan fingerprint density at radius 1 is 1.30 bits per heavy atom. The summed E-state index contributed by atoms with van der Waals surface area (Å²) in [6, 6.07) is 7.97. The summed E-state index contributed by atoms with van der Waals surface area (Å²) in [5.74, 6) is 1.45. The van der Waals surface area contributed by atoms with Gasteiger partial charge in [-0.1, -0.05) is 31.1 Å². The Kier molecular flexibility index (Phi) is 4.68. The van der Waals surface area contributed by atoms with Crippen molar-refractivity contribution in [2.24, 2.45) is 5.92 Å². The molecule has 2 aromatic rings. The van der Waals surface area contributed by atoms with Gasteiger partial charge in [-0.3, -0.25) is 9.59 Å². The SMILES string of the molecule is CC(C)c1ccc(N2CC(C(=O)NCc3nc(C4CC4)no3)CC2=O)cc1. The van der Waals surface area contributed by atoms with Crippen LogP contribution in [0, 0.1) is 5.92 Å². The zero-order valence-electron chi connectivity index (χ0n) is 15.6. The molecule has 2 amide bonds. The van der Waals surface area contributed by atoms with Crippen molar-refractivity contribution in [2.45, 2.75) is 51.5 Å². The van der Waals surface area contributed by atoms with Gasteiger partial charge in [-0.15, -0.1) is 0 Å². The molecule has 2 fully saturated rings. The molecule has 7 heteroatoms. The summed E-state index contributed by atoms with van der Waals surface area (Å²) in [6.45, 7) is 4.86. The molecule has 1 unspecified atom stereocenters. The molecule has 27 heavy (non-hydrogen) atoms. The zero-order valence-corrected chi connectivity index (χ0v) is 15.6. The molecule has 1 atom stereocenters. The van der Waals surface area contributed by atoms with Crippen LogP contribution in [-0.2, 0) is 16.1 Å². The highest BCUT2D eigenvalue weighted by atomic mass is 16.5. The van der Waals surface area contributed by atoms with Gasteiger partial charge in [0.1, 0.15) is 0 Å². The van der Waals surface area contributed by atoms with Crippen LogP contribution < -0.4 is 10.2 Å². The van der Waals surface area contributed by atoms with E-state index in [2.05, 4.69) is 29.3 Å². The van der Waals surface area contributed by atoms with E-state index in [0.717, 1.165) is 24.4 Å². The van der Waals surface area contributed by atoms with Crippen LogP contribution >= 0.6 is 0 Å². The lowest BCUT2D eigenvalue weighted by molar-refractivity contribution is -0.126. The van der Waals surface area contributed by atoms with Crippen molar-refractivity contribution in [1.82, 2.24) is 15.5 Å². The fourth-order valence-corrected chi connectivity index (χ4v) is 3.33. The number of carbonyl (C=O) groups excluding carboxylic acids is 2. The van der Waals surface area contributed by atoms with Crippen LogP contribution in [0.5, 0.6) is 0 Å². The van der Waals surface area contributed by atoms with Crippen molar-refractivity contribution in [3.05, 3.63) is 41.5 Å². The van der Waals surface area contributed by atoms with Gasteiger partial charge in [-0.25, -0.2) is 0 Å². The van der Waals surface area contributed by atoms with E-state index in [-0.39, 0.29) is 30.7 Å². The molecule has 1 saturated carbocycles. The summed E-state index contributed by atoms with van der Waals surface area (Å²) in [5.41, 5.74) is 2.07. The summed E-state index contributed by atoms with van der Waals surface area (Å²) < 4.78 is 5.17. The lowest BCUT2D eigenvalue weighted by Gasteiger charge is -2.17. The molecule has 2 aliphatic rings. The number of rotatable bonds is 6. The summed E-state index contributed by atoms with van der Waals surface area (Å²) in [7, 11) is 0. The highest BCUT2D eigenvalue weighted by molar-refractivity contribution is 6.00. The van der Waals surface area contributed by atoms with Crippen molar-refractivity contribution in [2.75, 3.05) is 11.4 Å². The van der Waals surface area contributed by atoms with Crippen LogP contribution in [0.3, 0.4) is 0 Å². The summed E-state index contributed by atoms with van der Waals surface area (Å²) >= 11 is 0. The van der Waals surface area contributed by atoms with Gasteiger partial charge in [0.05, 0.1) is 12.5 Å². The molecular formula is C20H24N4O3. The van der Waals surface area contributed by atoms with Crippen LogP contribution in [0.1, 0.15) is 62.2 Å². The maximum atomic E-state index is 12.5. The van der Waals surface area contributed by atoms with Crippen LogP contribution in [0.15, 0.2) is 28.8 Å². The highest BCUT2D eigenvalue weighted by Gasteiger charge is 2.35. The topological polar surface area (TPSA) is 88.3 Å². The molecular weight excluding hydrogens is 344 g/mol. The maximum absolute atomic E-state index is 12.5. The van der Waals surface area contributed by atoms with E-state index in [0.29, 0.717) is 24.3 Å². The monoisotopic (exact) mass is 368 g/mol. The molecule has 0 spiro atoms. The molecule has 142 valence electrons. The maximum Gasteiger partial charge on any atom is 0.246 e. The summed E-state index contributed by atoms with van der Waals surface area (Å²) in [5, 5.41) is 6.75. The third-order valence-corrected chi connectivity index (χ3v) is 5.21. The largest absolute Gasteiger partial charge is 0.347 e. The molecule has 0 bridgehead atoms. The number of nitrogens with zero attached hydrogens (tertiary/aromatic N) is 3. The number of amides is 2. The van der Waals surface area contributed by atoms with E-state index in [1.54, 1.807) is 4.90 Å². The number of anilines is 1. The van der Waals surface area contributed by atoms with Crippen molar-refractivity contribution in [1.29, 1.82) is 0 Å². The Bertz CT molecular complexity index is 839. The number of benzene rings is 1. The van der Waals surface area contributed by atoms with Gasteiger partial charge in [-0.05, 0) is 36.5 Å². The molecule has 4 rings (SSSR count). The molecule has 0 radical (unpaired) electrons. The molecule has 1 aliphatic carbocycles. The third kappa shape index (κ3) is 3.86. The van der Waals surface area contributed by atoms with Crippen molar-refractivity contribution in [3.63, 3.8) is 0 Å². The number of hydrogen-bond acceptors (Lipinski definition) is 5. The lowest BCUT2D eigenvalue weighted by atomic mass is 10.0. The molecule has 7 nitrogen and oxygen atoms in total. The second-order valence-corrected chi connectivity index (χ2v) is 7.69. The molecule has 1 aliphatic heterocycles. The number of carbonyl (C=O) groups is 2. The van der Waals surface area contributed by atoms with Crippen molar-refractivity contribution in [3.8, 4) is 0 Å². The third-order valence-electron chi connectivity index (χ3n) is 5.21. The average Bonchev–Trinajstić information content (AvgIpc) is 3.28. The Balaban J connectivity index is 1.34. The van der Waals surface area contributed by atoms with Gasteiger partial charge >= 0.3 is 0 Å². The molecule has 1 saturated heterocycles. The smallest absolute Gasteiger partial charge is 0.246 e. The van der Waals surface area contributed by atoms with Crippen LogP contribution in [0.2, 0.25) is 0 Å². The molecule has 1 aromatic heterocycles. The number of nitrogens with one attached hydrogen (secondary N) is 1. The molecule has 1 aromatic carbocycles. The van der Waals surface area contributed by atoms with E-state index in [9.17, 15) is 9.59 Å². The fraction of sp³-hybridized carbons (Fsp3) is 0.500. The molecule has 1 N–H and O–H groups in total. The average molecular weight is 368 g/mol. The lowest BCUT2D eigenvalue weighted by Crippen LogP contribution is -2.32. The van der Waals surface area contributed by atoms with Crippen LogP contribution in [0.4, 0.5) is 5.69 Å². The van der Waals surface area contributed by atoms with E-state index < -0.39 is 0 Å². The second kappa shape index (κ2) is 7.13. The minimum Gasteiger partial charge on any atom is -0.347 e. The minimum atomic E-state index is -0.368. The second-order valence-electron chi connectivity index (χ2n) is 7.69. The summed E-state index contributed by atoms with van der Waals surface area (Å²) in [6.07, 6.45) is 2.42. The summed E-state index contributed by atoms with van der Waals surface area (Å²) in [4.78, 5) is 30.8. The van der Waals surface area contributed by atoms with Gasteiger partial charge in [-0.2, -0.15) is 4.98 Å². The Morgan fingerprint density at radius 2 is 2.04 bits per heavy atom. The predicted octanol–water partition coefficient (Wildman–Crippen LogP) is 2.74. The van der Waals surface area contributed by atoms with Gasteiger partial charge in [0, 0.05) is 24.6 Å². The van der Waals surface area contributed by atoms with Gasteiger partial charge in [0.2, 0.25) is 17.7 Å². The Labute approximate surface area is 158 Å². The first-order valence-electron chi connectivity index (χ1n) is 9.51. The van der Waals surface area contributed by atoms with Crippen LogP contribution in [-0.4, -0.2) is 28.5 Å². The van der Waals surface area contributed by atoms with Crippen molar-refractivity contribution >= 4 is 17.5 Å². The Hall–Kier alpha value is -2.70. The first kappa shape index (κ1) is 17.7. The van der Waals surface area contributed by atoms with Gasteiger partial charge in [0.25, 0.3) is 0 Å². The fourth-order valence-electron chi connectivity index (χ4n) is 3.33. The number of hydrogen-bond donors (Lipinski definition) is 1. The standard InChI is InChI=1S/C20H24N4O3/c1-12(2)13-5-7-16(8-6-13)24-11-15(9-18(24)25)20(26)21-10-17-22-19(23-27-17)14-3-4-14/h5-8,12,14-15H,3-4,9-11H2,1-2H3,(H,21,26). The van der Waals surface area contributed by atoms with Crippen molar-refractivity contribution < 1.29 is 14.1 Å². The highest BCUT2D eigenvalue weighted by Crippen LogP contribution is 2.38. The van der Waals surface area contributed by atoms with Gasteiger partial charge in [0.15, 0.2) is 5.82 Å². The first-order chi connectivity index (χ1) is 13.0. The number of aromatic nitrogens is 2. The zero-order chi connectivity index (χ0) is 19.0. The van der Waals surface area contributed by atoms with E-state index in [1.165, 1.54) is 5.56 Å². The first-order valence-corrected chi connectivity index (χ1v) is 9.51. The normalized spacial score (nSPS) is 19.7.